The van der Waals surface area contributed by atoms with Crippen molar-refractivity contribution in [2.24, 2.45) is 0 Å². The van der Waals surface area contributed by atoms with Crippen LogP contribution in [0, 0.1) is 11.6 Å². The zero-order chi connectivity index (χ0) is 64.0. The molecule has 16 rings (SSSR count). The third-order valence-corrected chi connectivity index (χ3v) is 23.3. The summed E-state index contributed by atoms with van der Waals surface area (Å²) in [6.45, 7) is 14.1. The van der Waals surface area contributed by atoms with Gasteiger partial charge in [-0.3, -0.25) is 0 Å². The van der Waals surface area contributed by atoms with E-state index in [0.29, 0.717) is 23.0 Å². The van der Waals surface area contributed by atoms with Gasteiger partial charge in [0, 0.05) is 50.1 Å². The Hall–Kier alpha value is -10.8. The number of aromatic nitrogens is 1. The molecule has 4 nitrogen and oxygen atoms in total. The SMILES string of the molecule is C[Si](C)(C)c1ccc(N(c2ccc3c(c2)C2(c4ccccc4Oc4nc5ccccc5cc42)c2cc(N(c4ccc([Si](C)(C)C)cc4)c4c(F)cc(-c5ccccc5)cc4-c4ccccc4)c4ccccc4c2-3)c2c(F)cc(-c3ccccc3)cc2-c2ccccc2)cc1. The van der Waals surface area contributed by atoms with Crippen molar-refractivity contribution in [3.05, 3.63) is 331 Å². The molecule has 1 aliphatic heterocycles. The number of pyridine rings is 1. The van der Waals surface area contributed by atoms with Gasteiger partial charge in [0.25, 0.3) is 0 Å². The molecule has 2 aliphatic rings. The summed E-state index contributed by atoms with van der Waals surface area (Å²) in [4.78, 5) is 9.75. The van der Waals surface area contributed by atoms with Crippen molar-refractivity contribution in [2.45, 2.75) is 44.7 Å². The minimum Gasteiger partial charge on any atom is -0.438 e. The third-order valence-electron chi connectivity index (χ3n) is 19.1. The van der Waals surface area contributed by atoms with E-state index in [-0.39, 0.29) is 11.6 Å². The molecule has 14 aromatic rings. The predicted molar refractivity (Wildman–Crippen MR) is 394 cm³/mol. The highest BCUT2D eigenvalue weighted by Gasteiger charge is 2.53. The topological polar surface area (TPSA) is 28.6 Å². The Balaban J connectivity index is 1.03. The Morgan fingerprint density at radius 1 is 0.351 bits per heavy atom. The fraction of sp³-hybridized carbons (Fsp3) is 0.0814. The smallest absolute Gasteiger partial charge is 0.224 e. The Bertz CT molecular complexity index is 5270. The maximum Gasteiger partial charge on any atom is 0.224 e. The van der Waals surface area contributed by atoms with Gasteiger partial charge in [-0.25, -0.2) is 13.8 Å². The highest BCUT2D eigenvalue weighted by Crippen LogP contribution is 2.65. The second-order valence-corrected chi connectivity index (χ2v) is 37.1. The van der Waals surface area contributed by atoms with Crippen molar-refractivity contribution in [3.8, 4) is 67.3 Å². The van der Waals surface area contributed by atoms with Crippen LogP contribution in [0.1, 0.15) is 22.3 Å². The van der Waals surface area contributed by atoms with Crippen LogP contribution in [-0.2, 0) is 5.41 Å². The van der Waals surface area contributed by atoms with Crippen LogP contribution in [0.2, 0.25) is 39.3 Å². The van der Waals surface area contributed by atoms with Gasteiger partial charge in [0.05, 0.1) is 44.1 Å². The molecule has 0 fully saturated rings. The average Bonchev–Trinajstić information content (AvgIpc) is 1.47. The van der Waals surface area contributed by atoms with Crippen LogP contribution in [0.25, 0.3) is 77.3 Å². The van der Waals surface area contributed by atoms with E-state index in [2.05, 4.69) is 213 Å². The van der Waals surface area contributed by atoms with Crippen molar-refractivity contribution in [3.63, 3.8) is 0 Å². The number of para-hydroxylation sites is 2. The molecule has 1 unspecified atom stereocenters. The molecule has 0 radical (unpaired) electrons. The van der Waals surface area contributed by atoms with Crippen molar-refractivity contribution in [1.29, 1.82) is 0 Å². The van der Waals surface area contributed by atoms with Crippen molar-refractivity contribution < 1.29 is 13.5 Å². The lowest BCUT2D eigenvalue weighted by Crippen LogP contribution is -2.37. The minimum absolute atomic E-state index is 0.363. The average molecular weight is 1250 g/mol. The molecule has 1 aliphatic carbocycles. The van der Waals surface area contributed by atoms with Crippen LogP contribution in [-0.4, -0.2) is 21.1 Å². The molecule has 94 heavy (non-hydrogen) atoms. The first kappa shape index (κ1) is 58.3. The van der Waals surface area contributed by atoms with Crippen LogP contribution < -0.4 is 24.9 Å². The number of halogens is 2. The summed E-state index contributed by atoms with van der Waals surface area (Å²) in [6, 6.07) is 102. The van der Waals surface area contributed by atoms with E-state index in [1.54, 1.807) is 12.1 Å². The maximum absolute atomic E-state index is 18.8. The first-order chi connectivity index (χ1) is 45.7. The summed E-state index contributed by atoms with van der Waals surface area (Å²) in [6.07, 6.45) is 0. The third kappa shape index (κ3) is 9.78. The predicted octanol–water partition coefficient (Wildman–Crippen LogP) is 22.8. The lowest BCUT2D eigenvalue weighted by Gasteiger charge is -2.40. The van der Waals surface area contributed by atoms with E-state index in [4.69, 9.17) is 9.72 Å². The maximum atomic E-state index is 18.8. The van der Waals surface area contributed by atoms with E-state index >= 15 is 8.78 Å². The number of nitrogens with zero attached hydrogens (tertiary/aromatic N) is 3. The number of hydrogen-bond donors (Lipinski definition) is 0. The quantitative estimate of drug-likeness (QED) is 0.114. The van der Waals surface area contributed by atoms with E-state index in [9.17, 15) is 0 Å². The van der Waals surface area contributed by atoms with Gasteiger partial charge in [0.15, 0.2) is 0 Å². The summed E-state index contributed by atoms with van der Waals surface area (Å²) in [5.41, 5.74) is 16.1. The van der Waals surface area contributed by atoms with Crippen molar-refractivity contribution in [1.82, 2.24) is 4.98 Å². The highest BCUT2D eigenvalue weighted by molar-refractivity contribution is 6.89. The summed E-state index contributed by atoms with van der Waals surface area (Å²) < 4.78 is 44.5. The molecule has 1 spiro atoms. The van der Waals surface area contributed by atoms with Gasteiger partial charge in [0.2, 0.25) is 5.88 Å². The number of benzene rings is 13. The molecule has 8 heteroatoms. The van der Waals surface area contributed by atoms with Gasteiger partial charge in [-0.05, 0) is 146 Å². The molecular weight excluding hydrogens is 1190 g/mol. The Labute approximate surface area is 550 Å². The number of rotatable bonds is 12. The molecule has 2 heterocycles. The standard InChI is InChI=1S/C86H67F2N3OSi2/c1-93(2,3)66-44-39-63(40-45-66)90(83-71(58-29-15-9-16-30-58)49-61(52-77(83)87)56-25-11-7-12-26-56)65-43-48-70-74(54-65)86(73-36-22-24-38-81(73)92-85-76(86)51-60-33-19-23-37-79(60)89-85)75-55-80(68-34-20-21-35-69(68)82(70)75)91(64-41-46-67(47-42-64)94(4,5)6)84-72(59-31-17-10-18-32-59)50-62(53-78(84)88)57-27-13-8-14-28-57/h7-55H,1-6H3. The number of hydrogen-bond acceptors (Lipinski definition) is 4. The fourth-order valence-electron chi connectivity index (χ4n) is 14.6. The number of fused-ring (bicyclic) bond motifs is 12. The van der Waals surface area contributed by atoms with Crippen LogP contribution >= 0.6 is 0 Å². The fourth-order valence-corrected chi connectivity index (χ4v) is 16.9. The van der Waals surface area contributed by atoms with Crippen LogP contribution in [0.3, 0.4) is 0 Å². The highest BCUT2D eigenvalue weighted by atomic mass is 28.3. The zero-order valence-corrected chi connectivity index (χ0v) is 55.3. The summed E-state index contributed by atoms with van der Waals surface area (Å²) in [5, 5.41) is 5.46. The van der Waals surface area contributed by atoms with Crippen LogP contribution in [0.5, 0.6) is 11.6 Å². The van der Waals surface area contributed by atoms with E-state index < -0.39 is 21.6 Å². The zero-order valence-electron chi connectivity index (χ0n) is 53.3. The van der Waals surface area contributed by atoms with Gasteiger partial charge >= 0.3 is 0 Å². The van der Waals surface area contributed by atoms with Crippen LogP contribution in [0.15, 0.2) is 297 Å². The monoisotopic (exact) mass is 1250 g/mol. The van der Waals surface area contributed by atoms with Crippen molar-refractivity contribution in [2.75, 3.05) is 9.80 Å². The van der Waals surface area contributed by atoms with Crippen LogP contribution in [0.4, 0.5) is 42.9 Å². The molecule has 0 bridgehead atoms. The minimum atomic E-state index is -1.82. The van der Waals surface area contributed by atoms with E-state index in [1.165, 1.54) is 10.4 Å². The van der Waals surface area contributed by atoms with E-state index in [1.807, 2.05) is 121 Å². The molecule has 0 saturated carbocycles. The molecule has 0 saturated heterocycles. The molecular formula is C86H67F2N3OSi2. The Morgan fingerprint density at radius 2 is 0.819 bits per heavy atom. The summed E-state index contributed by atoms with van der Waals surface area (Å²) >= 11 is 0. The lowest BCUT2D eigenvalue weighted by atomic mass is 9.66. The number of anilines is 6. The number of ether oxygens (including phenoxy) is 1. The summed E-state index contributed by atoms with van der Waals surface area (Å²) in [5.74, 6) is 0.419. The molecule has 13 aromatic carbocycles. The second kappa shape index (κ2) is 22.8. The molecule has 1 aromatic heterocycles. The summed E-state index contributed by atoms with van der Waals surface area (Å²) in [7, 11) is -3.61. The Morgan fingerprint density at radius 3 is 1.38 bits per heavy atom. The molecule has 0 amide bonds. The first-order valence-electron chi connectivity index (χ1n) is 32.3. The van der Waals surface area contributed by atoms with Gasteiger partial charge in [-0.15, -0.1) is 0 Å². The largest absolute Gasteiger partial charge is 0.438 e. The molecule has 0 N–H and O–H groups in total. The normalized spacial score (nSPS) is 13.9. The second-order valence-electron chi connectivity index (χ2n) is 26.9. The first-order valence-corrected chi connectivity index (χ1v) is 39.3. The van der Waals surface area contributed by atoms with Crippen molar-refractivity contribution >= 4 is 82.3 Å². The van der Waals surface area contributed by atoms with Gasteiger partial charge in [0.1, 0.15) is 17.4 Å². The Kier molecular flexibility index (Phi) is 14.1. The van der Waals surface area contributed by atoms with Gasteiger partial charge in [-0.2, -0.15) is 0 Å². The van der Waals surface area contributed by atoms with Gasteiger partial charge in [-0.1, -0.05) is 262 Å². The van der Waals surface area contributed by atoms with Gasteiger partial charge < -0.3 is 14.5 Å². The van der Waals surface area contributed by atoms with E-state index in [0.717, 1.165) is 122 Å². The lowest BCUT2D eigenvalue weighted by molar-refractivity contribution is 0.420. The molecule has 1 atom stereocenters. The molecule has 454 valence electrons.